The number of aromatic nitrogens is 2. The molecule has 0 bridgehead atoms. The molecular formula is C22H27N5O4. The zero-order chi connectivity index (χ0) is 22.2. The molecule has 0 radical (unpaired) electrons. The molecule has 2 aliphatic rings. The zero-order valence-corrected chi connectivity index (χ0v) is 18.2. The fourth-order valence-electron chi connectivity index (χ4n) is 3.78. The van der Waals surface area contributed by atoms with Crippen molar-refractivity contribution in [1.29, 1.82) is 0 Å². The van der Waals surface area contributed by atoms with Crippen LogP contribution in [-0.2, 0) is 22.4 Å². The zero-order valence-electron chi connectivity index (χ0n) is 18.2. The molecule has 1 atom stereocenters. The normalized spacial score (nSPS) is 17.9. The maximum Gasteiger partial charge on any atom is 0.407 e. The van der Waals surface area contributed by atoms with Crippen LogP contribution in [0.4, 0.5) is 22.0 Å². The van der Waals surface area contributed by atoms with E-state index in [0.29, 0.717) is 42.2 Å². The van der Waals surface area contributed by atoms with Gasteiger partial charge in [-0.15, -0.1) is 0 Å². The fraction of sp³-hybridized carbons (Fsp3) is 0.455. The number of rotatable bonds is 3. The van der Waals surface area contributed by atoms with Crippen LogP contribution in [0.1, 0.15) is 38.4 Å². The SMILES string of the molecule is COc1cnc2c(c1)N(c1cnc3c(c1)CCC(OC(=O)NC(C)(C)C)C3)C(=O)CN2. The van der Waals surface area contributed by atoms with Crippen molar-refractivity contribution in [2.24, 2.45) is 0 Å². The number of alkyl carbamates (subject to hydrolysis) is 1. The number of nitrogens with zero attached hydrogens (tertiary/aromatic N) is 3. The first-order valence-electron chi connectivity index (χ1n) is 10.3. The van der Waals surface area contributed by atoms with E-state index in [1.54, 1.807) is 30.5 Å². The van der Waals surface area contributed by atoms with E-state index in [2.05, 4.69) is 20.6 Å². The average molecular weight is 425 g/mol. The van der Waals surface area contributed by atoms with Gasteiger partial charge in [0.15, 0.2) is 5.82 Å². The predicted molar refractivity (Wildman–Crippen MR) is 116 cm³/mol. The van der Waals surface area contributed by atoms with Crippen molar-refractivity contribution in [1.82, 2.24) is 15.3 Å². The van der Waals surface area contributed by atoms with E-state index in [9.17, 15) is 9.59 Å². The summed E-state index contributed by atoms with van der Waals surface area (Å²) in [5.74, 6) is 1.09. The summed E-state index contributed by atoms with van der Waals surface area (Å²) >= 11 is 0. The van der Waals surface area contributed by atoms with Gasteiger partial charge in [-0.05, 0) is 45.2 Å². The van der Waals surface area contributed by atoms with Crippen molar-refractivity contribution in [2.45, 2.75) is 51.7 Å². The molecule has 31 heavy (non-hydrogen) atoms. The first kappa shape index (κ1) is 20.9. The summed E-state index contributed by atoms with van der Waals surface area (Å²) in [5, 5.41) is 5.85. The molecule has 1 aliphatic heterocycles. The molecule has 0 spiro atoms. The second-order valence-corrected chi connectivity index (χ2v) is 8.77. The number of aryl methyl sites for hydroxylation is 1. The number of hydrogen-bond donors (Lipinski definition) is 2. The molecule has 2 aromatic heterocycles. The molecule has 0 aromatic carbocycles. The quantitative estimate of drug-likeness (QED) is 0.779. The van der Waals surface area contributed by atoms with E-state index in [4.69, 9.17) is 9.47 Å². The Morgan fingerprint density at radius 3 is 2.81 bits per heavy atom. The molecular weight excluding hydrogens is 398 g/mol. The smallest absolute Gasteiger partial charge is 0.407 e. The third-order valence-electron chi connectivity index (χ3n) is 5.19. The topological polar surface area (TPSA) is 106 Å². The summed E-state index contributed by atoms with van der Waals surface area (Å²) in [4.78, 5) is 35.4. The van der Waals surface area contributed by atoms with Gasteiger partial charge in [-0.1, -0.05) is 0 Å². The molecule has 0 saturated heterocycles. The molecule has 1 unspecified atom stereocenters. The van der Waals surface area contributed by atoms with Crippen LogP contribution in [0.3, 0.4) is 0 Å². The monoisotopic (exact) mass is 425 g/mol. The van der Waals surface area contributed by atoms with Crippen molar-refractivity contribution >= 4 is 29.2 Å². The Morgan fingerprint density at radius 2 is 2.06 bits per heavy atom. The minimum Gasteiger partial charge on any atom is -0.495 e. The van der Waals surface area contributed by atoms with Crippen molar-refractivity contribution in [2.75, 3.05) is 23.9 Å². The third-order valence-corrected chi connectivity index (χ3v) is 5.19. The van der Waals surface area contributed by atoms with Gasteiger partial charge in [-0.25, -0.2) is 9.78 Å². The summed E-state index contributed by atoms with van der Waals surface area (Å²) < 4.78 is 10.8. The number of fused-ring (bicyclic) bond motifs is 2. The Labute approximate surface area is 181 Å². The molecule has 2 amide bonds. The molecule has 1 aliphatic carbocycles. The van der Waals surface area contributed by atoms with Crippen molar-refractivity contribution in [3.05, 3.63) is 35.8 Å². The lowest BCUT2D eigenvalue weighted by Gasteiger charge is -2.31. The van der Waals surface area contributed by atoms with Crippen molar-refractivity contribution in [3.8, 4) is 5.75 Å². The predicted octanol–water partition coefficient (Wildman–Crippen LogP) is 2.96. The van der Waals surface area contributed by atoms with Crippen LogP contribution >= 0.6 is 0 Å². The molecule has 0 saturated carbocycles. The van der Waals surface area contributed by atoms with E-state index >= 15 is 0 Å². The second-order valence-electron chi connectivity index (χ2n) is 8.77. The number of carbonyl (C=O) groups is 2. The van der Waals surface area contributed by atoms with Crippen LogP contribution in [-0.4, -0.2) is 47.3 Å². The highest BCUT2D eigenvalue weighted by Crippen LogP contribution is 2.37. The second kappa shape index (κ2) is 8.05. The van der Waals surface area contributed by atoms with Gasteiger partial charge in [0.05, 0.1) is 37.4 Å². The highest BCUT2D eigenvalue weighted by atomic mass is 16.6. The number of carbonyl (C=O) groups excluding carboxylic acids is 2. The van der Waals surface area contributed by atoms with Crippen LogP contribution in [0, 0.1) is 0 Å². The lowest BCUT2D eigenvalue weighted by atomic mass is 9.93. The average Bonchev–Trinajstić information content (AvgIpc) is 2.71. The summed E-state index contributed by atoms with van der Waals surface area (Å²) in [6.45, 7) is 5.89. The lowest BCUT2D eigenvalue weighted by Crippen LogP contribution is -2.43. The Hall–Kier alpha value is -3.36. The molecule has 4 rings (SSSR count). The van der Waals surface area contributed by atoms with E-state index < -0.39 is 6.09 Å². The highest BCUT2D eigenvalue weighted by Gasteiger charge is 2.30. The Kier molecular flexibility index (Phi) is 5.43. The van der Waals surface area contributed by atoms with Gasteiger partial charge in [-0.3, -0.25) is 14.7 Å². The number of pyridine rings is 2. The number of ether oxygens (including phenoxy) is 2. The molecule has 0 fully saturated rings. The Morgan fingerprint density at radius 1 is 1.26 bits per heavy atom. The van der Waals surface area contributed by atoms with Gasteiger partial charge in [0.25, 0.3) is 5.91 Å². The fourth-order valence-corrected chi connectivity index (χ4v) is 3.78. The van der Waals surface area contributed by atoms with Crippen molar-refractivity contribution < 1.29 is 19.1 Å². The van der Waals surface area contributed by atoms with Gasteiger partial charge in [-0.2, -0.15) is 0 Å². The molecule has 9 nitrogen and oxygen atoms in total. The highest BCUT2D eigenvalue weighted by molar-refractivity contribution is 6.07. The van der Waals surface area contributed by atoms with Crippen molar-refractivity contribution in [3.63, 3.8) is 0 Å². The summed E-state index contributed by atoms with van der Waals surface area (Å²) in [6.07, 6.45) is 4.63. The van der Waals surface area contributed by atoms with Gasteiger partial charge in [0.2, 0.25) is 0 Å². The first-order chi connectivity index (χ1) is 14.7. The minimum atomic E-state index is -0.415. The van der Waals surface area contributed by atoms with E-state index in [-0.39, 0.29) is 24.1 Å². The number of methoxy groups -OCH3 is 1. The lowest BCUT2D eigenvalue weighted by molar-refractivity contribution is -0.116. The molecule has 164 valence electrons. The first-order valence-corrected chi connectivity index (χ1v) is 10.3. The van der Waals surface area contributed by atoms with Gasteiger partial charge in [0.1, 0.15) is 11.9 Å². The maximum atomic E-state index is 12.7. The van der Waals surface area contributed by atoms with E-state index in [0.717, 1.165) is 11.3 Å². The van der Waals surface area contributed by atoms with E-state index in [1.165, 1.54) is 0 Å². The summed E-state index contributed by atoms with van der Waals surface area (Å²) in [7, 11) is 1.56. The van der Waals surface area contributed by atoms with Gasteiger partial charge in [0, 0.05) is 23.7 Å². The number of hydrogen-bond acceptors (Lipinski definition) is 7. The molecule has 2 N–H and O–H groups in total. The standard InChI is InChI=1S/C22H27N5O4/c1-22(2,3)26-21(29)31-15-6-5-13-7-14(10-23-17(13)8-15)27-18-9-16(30-4)11-24-20(18)25-12-19(27)28/h7,9-11,15H,5-6,8,12H2,1-4H3,(H,24,25)(H,26,29). The maximum absolute atomic E-state index is 12.7. The van der Waals surface area contributed by atoms with E-state index in [1.807, 2.05) is 26.8 Å². The summed E-state index contributed by atoms with van der Waals surface area (Å²) in [6, 6.07) is 3.77. The minimum absolute atomic E-state index is 0.0971. The van der Waals surface area contributed by atoms with Crippen LogP contribution < -0.4 is 20.3 Å². The van der Waals surface area contributed by atoms with Crippen LogP contribution in [0.15, 0.2) is 24.5 Å². The van der Waals surface area contributed by atoms with Gasteiger partial charge < -0.3 is 20.1 Å². The molecule has 3 heterocycles. The molecule has 2 aromatic rings. The third kappa shape index (κ3) is 4.55. The molecule has 9 heteroatoms. The largest absolute Gasteiger partial charge is 0.495 e. The number of anilines is 3. The summed E-state index contributed by atoms with van der Waals surface area (Å²) in [5.41, 5.74) is 2.91. The Balaban J connectivity index is 1.54. The van der Waals surface area contributed by atoms with Crippen LogP contribution in [0.25, 0.3) is 0 Å². The Bertz CT molecular complexity index is 1020. The van der Waals surface area contributed by atoms with Crippen LogP contribution in [0.2, 0.25) is 0 Å². The van der Waals surface area contributed by atoms with Crippen LogP contribution in [0.5, 0.6) is 5.75 Å². The van der Waals surface area contributed by atoms with Gasteiger partial charge >= 0.3 is 6.09 Å². The number of nitrogens with one attached hydrogen (secondary N) is 2. The number of amides is 2.